The van der Waals surface area contributed by atoms with Crippen LogP contribution in [0.3, 0.4) is 0 Å². The lowest BCUT2D eigenvalue weighted by atomic mass is 9.77. The zero-order valence-electron chi connectivity index (χ0n) is 36.7. The monoisotopic (exact) mass is 843 g/mol. The van der Waals surface area contributed by atoms with Crippen LogP contribution in [-0.2, 0) is 24.5 Å². The summed E-state index contributed by atoms with van der Waals surface area (Å²) in [7, 11) is 2.02. The summed E-state index contributed by atoms with van der Waals surface area (Å²) in [6.07, 6.45) is 3.43. The second-order valence-electron chi connectivity index (χ2n) is 16.8. The summed E-state index contributed by atoms with van der Waals surface area (Å²) in [4.78, 5) is 28.6. The van der Waals surface area contributed by atoms with Gasteiger partial charge in [0.2, 0.25) is 12.1 Å². The van der Waals surface area contributed by atoms with Crippen molar-refractivity contribution >= 4 is 23.5 Å². The Morgan fingerprint density at radius 3 is 1.81 bits per heavy atom. The Hall–Kier alpha value is -6.72. The number of quaternary nitrogens is 1. The Morgan fingerprint density at radius 2 is 1.25 bits per heavy atom. The van der Waals surface area contributed by atoms with E-state index in [1.807, 2.05) is 118 Å². The van der Waals surface area contributed by atoms with Gasteiger partial charge in [0.25, 0.3) is 0 Å². The number of nitrogens with zero attached hydrogens (tertiary/aromatic N) is 6. The van der Waals surface area contributed by atoms with Crippen LogP contribution in [0.5, 0.6) is 0 Å². The molecule has 322 valence electrons. The van der Waals surface area contributed by atoms with E-state index in [2.05, 4.69) is 49.4 Å². The fourth-order valence-corrected chi connectivity index (χ4v) is 9.13. The van der Waals surface area contributed by atoms with Gasteiger partial charge in [-0.25, -0.2) is 9.59 Å². The molecule has 2 aliphatic rings. The molecule has 1 fully saturated rings. The fraction of sp³-hybridized carbons (Fsp3) is 0.308. The summed E-state index contributed by atoms with van der Waals surface area (Å²) in [6.45, 7) is 8.32. The molecular weight excluding hydrogens is 789 g/mol. The van der Waals surface area contributed by atoms with Crippen LogP contribution in [0.2, 0.25) is 0 Å². The number of carbonyl (C=O) groups excluding carboxylic acids is 2. The maximum Gasteiger partial charge on any atom is 0.511 e. The SMILES string of the molecule is CCC[N+]1(C)N=C(C(C)C)C(C(=O)OC(C)OC(=O)OC2CCCCC2)=C1c1ccc(-c2ccccc2-c2nnn(C(c3ccccc3)(c3ccccc3)c3ccccc3)n2)cc1. The van der Waals surface area contributed by atoms with Gasteiger partial charge in [-0.05, 0) is 77.3 Å². The minimum absolute atomic E-state index is 0.0803. The maximum atomic E-state index is 14.2. The van der Waals surface area contributed by atoms with Gasteiger partial charge in [0.15, 0.2) is 16.8 Å². The van der Waals surface area contributed by atoms with Crippen molar-refractivity contribution in [3.05, 3.63) is 167 Å². The second kappa shape index (κ2) is 18.7. The molecule has 8 rings (SSSR count). The minimum atomic E-state index is -1.16. The van der Waals surface area contributed by atoms with Crippen LogP contribution in [0, 0.1) is 5.92 Å². The smallest absolute Gasteiger partial charge is 0.431 e. The molecule has 5 aromatic carbocycles. The van der Waals surface area contributed by atoms with Gasteiger partial charge >= 0.3 is 12.1 Å². The van der Waals surface area contributed by atoms with Crippen LogP contribution in [0.4, 0.5) is 4.79 Å². The number of tetrazole rings is 1. The lowest BCUT2D eigenvalue weighted by Gasteiger charge is -2.34. The molecule has 63 heavy (non-hydrogen) atoms. The molecule has 0 radical (unpaired) electrons. The van der Waals surface area contributed by atoms with E-state index in [0.717, 1.165) is 83.2 Å². The van der Waals surface area contributed by atoms with Crippen LogP contribution in [0.15, 0.2) is 150 Å². The largest absolute Gasteiger partial charge is 0.511 e. The van der Waals surface area contributed by atoms with Crippen molar-refractivity contribution in [2.45, 2.75) is 84.2 Å². The summed E-state index contributed by atoms with van der Waals surface area (Å²) < 4.78 is 17.0. The lowest BCUT2D eigenvalue weighted by molar-refractivity contribution is -0.844. The molecule has 2 unspecified atom stereocenters. The Morgan fingerprint density at radius 1 is 0.714 bits per heavy atom. The second-order valence-corrected chi connectivity index (χ2v) is 16.8. The predicted octanol–water partition coefficient (Wildman–Crippen LogP) is 10.8. The highest BCUT2D eigenvalue weighted by Crippen LogP contribution is 2.42. The first-order valence-electron chi connectivity index (χ1n) is 22.1. The van der Waals surface area contributed by atoms with Crippen LogP contribution in [0.1, 0.15) is 88.5 Å². The minimum Gasteiger partial charge on any atom is -0.431 e. The van der Waals surface area contributed by atoms with E-state index in [1.54, 1.807) is 4.80 Å². The molecule has 0 amide bonds. The van der Waals surface area contributed by atoms with Gasteiger partial charge in [-0.3, -0.25) is 0 Å². The van der Waals surface area contributed by atoms with E-state index in [-0.39, 0.29) is 16.6 Å². The molecule has 0 saturated heterocycles. The van der Waals surface area contributed by atoms with Gasteiger partial charge in [0, 0.05) is 24.0 Å². The van der Waals surface area contributed by atoms with E-state index in [0.29, 0.717) is 23.7 Å². The zero-order valence-corrected chi connectivity index (χ0v) is 36.7. The number of carbonyl (C=O) groups is 2. The van der Waals surface area contributed by atoms with Gasteiger partial charge in [0.1, 0.15) is 18.4 Å². The first kappa shape index (κ1) is 42.9. The van der Waals surface area contributed by atoms with Crippen molar-refractivity contribution in [3.63, 3.8) is 0 Å². The quantitative estimate of drug-likeness (QED) is 0.0460. The van der Waals surface area contributed by atoms with Crippen LogP contribution >= 0.6 is 0 Å². The molecule has 1 saturated carbocycles. The number of benzene rings is 5. The average Bonchev–Trinajstić information content (AvgIpc) is 3.92. The molecule has 6 aromatic rings. The van der Waals surface area contributed by atoms with Gasteiger partial charge in [-0.2, -0.15) is 4.59 Å². The van der Waals surface area contributed by atoms with Crippen molar-refractivity contribution in [2.75, 3.05) is 13.6 Å². The highest BCUT2D eigenvalue weighted by atomic mass is 16.8. The summed E-state index contributed by atoms with van der Waals surface area (Å²) in [5.74, 6) is -0.204. The molecule has 1 aliphatic heterocycles. The lowest BCUT2D eigenvalue weighted by Crippen LogP contribution is -2.39. The molecular formula is C52H55N6O5+. The average molecular weight is 844 g/mol. The molecule has 0 bridgehead atoms. The van der Waals surface area contributed by atoms with Crippen molar-refractivity contribution < 1.29 is 28.4 Å². The van der Waals surface area contributed by atoms with Crippen LogP contribution in [-0.4, -0.2) is 68.6 Å². The third-order valence-electron chi connectivity index (χ3n) is 12.0. The Kier molecular flexibility index (Phi) is 12.8. The van der Waals surface area contributed by atoms with E-state index in [9.17, 15) is 9.59 Å². The number of aromatic nitrogens is 4. The number of esters is 1. The molecule has 2 heterocycles. The van der Waals surface area contributed by atoms with Crippen molar-refractivity contribution in [1.29, 1.82) is 0 Å². The topological polar surface area (TPSA) is 118 Å². The highest BCUT2D eigenvalue weighted by Gasteiger charge is 2.46. The molecule has 0 spiro atoms. The fourth-order valence-electron chi connectivity index (χ4n) is 9.13. The standard InChI is InChI=1S/C52H55N6O5/c1-6-35-58(5)48(46(47(55-58)36(2)3)50(59)61-37(4)62-51(60)63-43-27-17-10-18-28-43)39-33-31-38(32-34-39)44-29-19-20-30-45(44)49-53-56-57(54-49)52(40-21-11-7-12-22-40,41-23-13-8-14-24-41)42-25-15-9-16-26-42/h7-9,11-16,19-26,29-34,36-37,43H,6,10,17-18,27-28,35H2,1-5H3/q+1. The summed E-state index contributed by atoms with van der Waals surface area (Å²) >= 11 is 0. The number of ether oxygens (including phenoxy) is 3. The number of hydrogen-bond acceptors (Lipinski definition) is 9. The van der Waals surface area contributed by atoms with E-state index >= 15 is 0 Å². The predicted molar refractivity (Wildman–Crippen MR) is 244 cm³/mol. The Labute approximate surface area is 369 Å². The van der Waals surface area contributed by atoms with Crippen molar-refractivity contribution in [1.82, 2.24) is 20.2 Å². The summed E-state index contributed by atoms with van der Waals surface area (Å²) in [5.41, 5.74) is 7.32. The van der Waals surface area contributed by atoms with Crippen molar-refractivity contribution in [3.8, 4) is 22.5 Å². The first-order chi connectivity index (χ1) is 30.6. The molecule has 1 aliphatic carbocycles. The normalized spacial score (nSPS) is 17.3. The molecule has 1 aromatic heterocycles. The van der Waals surface area contributed by atoms with Crippen LogP contribution < -0.4 is 0 Å². The van der Waals surface area contributed by atoms with Gasteiger partial charge in [-0.15, -0.1) is 15.0 Å². The van der Waals surface area contributed by atoms with Gasteiger partial charge < -0.3 is 14.2 Å². The summed E-state index contributed by atoms with van der Waals surface area (Å²) in [5, 5.41) is 19.9. The third-order valence-corrected chi connectivity index (χ3v) is 12.0. The van der Waals surface area contributed by atoms with E-state index in [1.165, 1.54) is 6.92 Å². The molecule has 2 atom stereocenters. The van der Waals surface area contributed by atoms with E-state index in [4.69, 9.17) is 34.7 Å². The summed E-state index contributed by atoms with van der Waals surface area (Å²) in [6, 6.07) is 47.0. The molecule has 0 N–H and O–H groups in total. The molecule has 11 heteroatoms. The highest BCUT2D eigenvalue weighted by molar-refractivity contribution is 6.25. The van der Waals surface area contributed by atoms with E-state index < -0.39 is 24.0 Å². The molecule has 11 nitrogen and oxygen atoms in total. The number of hydrogen-bond donors (Lipinski definition) is 0. The number of rotatable bonds is 14. The first-order valence-corrected chi connectivity index (χ1v) is 22.1. The zero-order chi connectivity index (χ0) is 44.0. The Bertz CT molecular complexity index is 2490. The third kappa shape index (κ3) is 8.70. The van der Waals surface area contributed by atoms with Gasteiger partial charge in [-0.1, -0.05) is 160 Å². The maximum absolute atomic E-state index is 14.2. The Balaban J connectivity index is 1.14. The van der Waals surface area contributed by atoms with Gasteiger partial charge in [0.05, 0.1) is 7.05 Å². The van der Waals surface area contributed by atoms with Crippen molar-refractivity contribution in [2.24, 2.45) is 11.0 Å². The van der Waals surface area contributed by atoms with Crippen LogP contribution in [0.25, 0.3) is 28.2 Å².